The van der Waals surface area contributed by atoms with Crippen molar-refractivity contribution < 1.29 is 0 Å². The molecule has 0 bridgehead atoms. The third-order valence-electron chi connectivity index (χ3n) is 23.7. The summed E-state index contributed by atoms with van der Waals surface area (Å²) in [4.78, 5) is 26.1. The Hall–Kier alpha value is -16.2. The van der Waals surface area contributed by atoms with Gasteiger partial charge < -0.3 is 18.3 Å². The monoisotopic (exact) mass is 1530 g/mol. The smallest absolute Gasteiger partial charge is 0.164 e. The van der Waals surface area contributed by atoms with E-state index in [-0.39, 0.29) is 0 Å². The number of nitrogens with zero attached hydrogens (tertiary/aromatic N) is 9. The lowest BCUT2D eigenvalue weighted by atomic mass is 9.98. The quantitative estimate of drug-likeness (QED) is 0.122. The summed E-state index contributed by atoms with van der Waals surface area (Å²) in [7, 11) is 0. The molecule has 6 heterocycles. The molecule has 9 nitrogen and oxygen atoms in total. The molecule has 9 heteroatoms. The van der Waals surface area contributed by atoms with Crippen LogP contribution in [-0.2, 0) is 0 Å². The Morgan fingerprint density at radius 2 is 0.417 bits per heavy atom. The Balaban J connectivity index is 0.000000140. The highest BCUT2D eigenvalue weighted by atomic mass is 15.0. The molecule has 0 unspecified atom stereocenters. The largest absolute Gasteiger partial charge is 0.309 e. The van der Waals surface area contributed by atoms with Gasteiger partial charge in [-0.05, 0) is 147 Å². The van der Waals surface area contributed by atoms with E-state index in [1.165, 1.54) is 81.8 Å². The van der Waals surface area contributed by atoms with E-state index in [1.54, 1.807) is 0 Å². The molecule has 0 aliphatic heterocycles. The lowest BCUT2D eigenvalue weighted by Gasteiger charge is -2.15. The lowest BCUT2D eigenvalue weighted by molar-refractivity contribution is 1.07. The molecule has 560 valence electrons. The van der Waals surface area contributed by atoms with Crippen LogP contribution in [0.1, 0.15) is 0 Å². The second-order valence-electron chi connectivity index (χ2n) is 30.6. The Labute approximate surface area is 691 Å². The van der Waals surface area contributed by atoms with Crippen molar-refractivity contribution in [3.05, 3.63) is 431 Å². The maximum Gasteiger partial charge on any atom is 0.164 e. The van der Waals surface area contributed by atoms with Crippen molar-refractivity contribution >= 4 is 109 Å². The summed E-state index contributed by atoms with van der Waals surface area (Å²) in [6, 6.07) is 153. The second-order valence-corrected chi connectivity index (χ2v) is 30.6. The van der Waals surface area contributed by atoms with E-state index in [2.05, 4.69) is 407 Å². The van der Waals surface area contributed by atoms with Crippen molar-refractivity contribution in [2.75, 3.05) is 0 Å². The second kappa shape index (κ2) is 28.9. The molecule has 6 aromatic heterocycles. The van der Waals surface area contributed by atoms with Crippen LogP contribution >= 0.6 is 0 Å². The number of rotatable bonds is 12. The Kier molecular flexibility index (Phi) is 16.7. The lowest BCUT2D eigenvalue weighted by Crippen LogP contribution is -2.02. The first-order valence-electron chi connectivity index (χ1n) is 40.7. The van der Waals surface area contributed by atoms with Crippen LogP contribution in [0.4, 0.5) is 0 Å². The van der Waals surface area contributed by atoms with Crippen LogP contribution in [0, 0.1) is 0 Å². The molecule has 0 radical (unpaired) electrons. The molecule has 24 rings (SSSR count). The standard InChI is InChI=1S/C56H36N4.C55H35N5/c1-4-16-37(17-5-1)38-28-30-39(31-29-38)48-36-49(58-56(57-48)40-18-6-2-7-19-40)47-35-43(34-41-20-10-11-23-44(41)47)60-51-27-15-13-25-46(51)55-53(60)33-32-52-54(55)45-24-12-14-26-50(45)59(52)42-21-8-3-9-22-42;1-4-16-36(17-5-1)37-28-30-39(31-29-37)54-56-53(38-18-6-2-7-19-38)57-55(58-54)46-35-42(34-40-20-10-11-23-43(40)46)60-48-27-15-13-25-45(48)52-50(60)33-32-49-51(52)44-24-12-14-26-47(44)59(49)41-21-8-3-9-22-41/h1-36H;1-35H. The maximum absolute atomic E-state index is 5.35. The number of hydrogen-bond acceptors (Lipinski definition) is 5. The van der Waals surface area contributed by atoms with Crippen molar-refractivity contribution in [3.8, 4) is 113 Å². The van der Waals surface area contributed by atoms with Crippen molar-refractivity contribution in [3.63, 3.8) is 0 Å². The van der Waals surface area contributed by atoms with E-state index < -0.39 is 0 Å². The van der Waals surface area contributed by atoms with Gasteiger partial charge in [0.2, 0.25) is 0 Å². The maximum atomic E-state index is 5.35. The van der Waals surface area contributed by atoms with Gasteiger partial charge in [0.25, 0.3) is 0 Å². The van der Waals surface area contributed by atoms with Gasteiger partial charge in [-0.15, -0.1) is 0 Å². The predicted molar refractivity (Wildman–Crippen MR) is 498 cm³/mol. The van der Waals surface area contributed by atoms with Gasteiger partial charge in [0.05, 0.1) is 55.5 Å². The highest BCUT2D eigenvalue weighted by molar-refractivity contribution is 6.30. The molecule has 0 aliphatic carbocycles. The first-order valence-corrected chi connectivity index (χ1v) is 40.7. The molecule has 18 aromatic carbocycles. The first-order chi connectivity index (χ1) is 59.5. The molecule has 0 saturated carbocycles. The van der Waals surface area contributed by atoms with Gasteiger partial charge >= 0.3 is 0 Å². The first kappa shape index (κ1) is 69.3. The van der Waals surface area contributed by atoms with Crippen LogP contribution in [0.3, 0.4) is 0 Å². The van der Waals surface area contributed by atoms with Gasteiger partial charge in [-0.2, -0.15) is 0 Å². The zero-order valence-corrected chi connectivity index (χ0v) is 65.0. The van der Waals surface area contributed by atoms with Gasteiger partial charge in [-0.3, -0.25) is 0 Å². The van der Waals surface area contributed by atoms with E-state index in [9.17, 15) is 0 Å². The fraction of sp³-hybridized carbons (Fsp3) is 0. The summed E-state index contributed by atoms with van der Waals surface area (Å²) >= 11 is 0. The van der Waals surface area contributed by atoms with E-state index in [1.807, 2.05) is 42.5 Å². The summed E-state index contributed by atoms with van der Waals surface area (Å²) in [5.74, 6) is 2.57. The minimum atomic E-state index is 0.623. The van der Waals surface area contributed by atoms with E-state index in [4.69, 9.17) is 24.9 Å². The number of hydrogen-bond donors (Lipinski definition) is 0. The number of aromatic nitrogens is 9. The molecule has 0 amide bonds. The zero-order valence-electron chi connectivity index (χ0n) is 65.0. The van der Waals surface area contributed by atoms with Gasteiger partial charge in [0, 0.05) is 99.2 Å². The molecular weight excluding hydrogens is 1460 g/mol. The summed E-state index contributed by atoms with van der Waals surface area (Å²) in [5, 5.41) is 14.3. The van der Waals surface area contributed by atoms with E-state index in [0.717, 1.165) is 117 Å². The molecule has 0 atom stereocenters. The Bertz CT molecular complexity index is 7620. The van der Waals surface area contributed by atoms with E-state index >= 15 is 0 Å². The topological polar surface area (TPSA) is 84.2 Å². The number of para-hydroxylation sites is 6. The fourth-order valence-electron chi connectivity index (χ4n) is 18.2. The summed E-state index contributed by atoms with van der Waals surface area (Å²) in [5.41, 5.74) is 26.0. The van der Waals surface area contributed by atoms with Crippen molar-refractivity contribution in [1.82, 2.24) is 43.2 Å². The van der Waals surface area contributed by atoms with Crippen molar-refractivity contribution in [2.24, 2.45) is 0 Å². The van der Waals surface area contributed by atoms with Crippen LogP contribution in [0.15, 0.2) is 431 Å². The molecule has 0 spiro atoms. The molecule has 0 fully saturated rings. The molecule has 0 saturated heterocycles. The molecule has 120 heavy (non-hydrogen) atoms. The molecule has 0 aliphatic rings. The fourth-order valence-corrected chi connectivity index (χ4v) is 18.2. The number of benzene rings is 18. The highest BCUT2D eigenvalue weighted by Gasteiger charge is 2.26. The Morgan fingerprint density at radius 1 is 0.150 bits per heavy atom. The number of fused-ring (bicyclic) bond motifs is 16. The average molecular weight is 1530 g/mol. The minimum absolute atomic E-state index is 0.623. The third kappa shape index (κ3) is 11.8. The van der Waals surface area contributed by atoms with E-state index in [0.29, 0.717) is 23.3 Å². The van der Waals surface area contributed by atoms with Crippen LogP contribution in [0.5, 0.6) is 0 Å². The van der Waals surface area contributed by atoms with Crippen LogP contribution in [-0.4, -0.2) is 43.2 Å². The minimum Gasteiger partial charge on any atom is -0.309 e. The molecule has 24 aromatic rings. The van der Waals surface area contributed by atoms with Crippen LogP contribution in [0.25, 0.3) is 222 Å². The van der Waals surface area contributed by atoms with Crippen LogP contribution in [0.2, 0.25) is 0 Å². The molecular formula is C111H71N9. The average Bonchev–Trinajstić information content (AvgIpc) is 1.55. The predicted octanol–water partition coefficient (Wildman–Crippen LogP) is 28.4. The van der Waals surface area contributed by atoms with Gasteiger partial charge in [0.1, 0.15) is 0 Å². The summed E-state index contributed by atoms with van der Waals surface area (Å²) < 4.78 is 9.65. The summed E-state index contributed by atoms with van der Waals surface area (Å²) in [6.07, 6.45) is 0. The summed E-state index contributed by atoms with van der Waals surface area (Å²) in [6.45, 7) is 0. The van der Waals surface area contributed by atoms with Gasteiger partial charge in [0.15, 0.2) is 23.3 Å². The van der Waals surface area contributed by atoms with Crippen LogP contribution < -0.4 is 0 Å². The highest BCUT2D eigenvalue weighted by Crippen LogP contribution is 2.47. The zero-order chi connectivity index (χ0) is 79.1. The normalized spacial score (nSPS) is 11.7. The SMILES string of the molecule is c1ccc(-c2ccc(-c3cc(-c4cc(-n5c6ccccc6c6c7c8ccccc8n(-c8ccccc8)c7ccc65)cc5ccccc45)nc(-c4ccccc4)n3)cc2)cc1.c1ccc(-c2ccc(-c3nc(-c4ccccc4)nc(-c4cc(-n5c6ccccc6c6c7c8ccccc8n(-c8ccccc8)c7ccc65)cc5ccccc45)n3)cc2)cc1. The van der Waals surface area contributed by atoms with Gasteiger partial charge in [-0.1, -0.05) is 328 Å². The van der Waals surface area contributed by atoms with Crippen molar-refractivity contribution in [1.29, 1.82) is 0 Å². The molecule has 0 N–H and O–H groups in total. The van der Waals surface area contributed by atoms with Gasteiger partial charge in [-0.25, -0.2) is 24.9 Å². The van der Waals surface area contributed by atoms with Crippen molar-refractivity contribution in [2.45, 2.75) is 0 Å². The third-order valence-corrected chi connectivity index (χ3v) is 23.7. The Morgan fingerprint density at radius 3 is 0.817 bits per heavy atom.